The maximum atomic E-state index is 12.5. The first kappa shape index (κ1) is 17.1. The molecule has 1 saturated carbocycles. The van der Waals surface area contributed by atoms with Crippen molar-refractivity contribution in [2.45, 2.75) is 76.5 Å². The van der Waals surface area contributed by atoms with Crippen molar-refractivity contribution in [3.63, 3.8) is 0 Å². The highest BCUT2D eigenvalue weighted by Gasteiger charge is 2.31. The third kappa shape index (κ3) is 4.60. The van der Waals surface area contributed by atoms with Crippen LogP contribution in [0.15, 0.2) is 0 Å². The van der Waals surface area contributed by atoms with Gasteiger partial charge in [0, 0.05) is 18.6 Å². The number of rotatable bonds is 4. The Labute approximate surface area is 131 Å². The molecule has 1 aliphatic carbocycles. The molecule has 3 N–H and O–H groups in total. The molecule has 22 heavy (non-hydrogen) atoms. The van der Waals surface area contributed by atoms with Gasteiger partial charge in [0.25, 0.3) is 0 Å². The molecule has 0 bridgehead atoms. The first-order valence-corrected chi connectivity index (χ1v) is 8.45. The van der Waals surface area contributed by atoms with Gasteiger partial charge in [-0.15, -0.1) is 0 Å². The molecule has 2 amide bonds. The molecule has 6 nitrogen and oxygen atoms in total. The summed E-state index contributed by atoms with van der Waals surface area (Å²) in [5.41, 5.74) is 0. The van der Waals surface area contributed by atoms with E-state index in [1.807, 2.05) is 4.90 Å². The van der Waals surface area contributed by atoms with Crippen LogP contribution in [0.5, 0.6) is 0 Å². The smallest absolute Gasteiger partial charge is 0.317 e. The second-order valence-electron chi connectivity index (χ2n) is 6.76. The maximum Gasteiger partial charge on any atom is 0.317 e. The first-order chi connectivity index (χ1) is 10.5. The van der Waals surface area contributed by atoms with Gasteiger partial charge in [-0.2, -0.15) is 0 Å². The first-order valence-electron chi connectivity index (χ1n) is 8.45. The number of nitrogens with one attached hydrogen (secondary N) is 1. The molecule has 6 heteroatoms. The second kappa shape index (κ2) is 7.81. The van der Waals surface area contributed by atoms with Crippen molar-refractivity contribution >= 4 is 12.0 Å². The third-order valence-corrected chi connectivity index (χ3v) is 4.91. The zero-order chi connectivity index (χ0) is 16.1. The van der Waals surface area contributed by atoms with Crippen molar-refractivity contribution in [1.29, 1.82) is 0 Å². The number of urea groups is 1. The zero-order valence-electron chi connectivity index (χ0n) is 13.3. The van der Waals surface area contributed by atoms with E-state index < -0.39 is 12.1 Å². The summed E-state index contributed by atoms with van der Waals surface area (Å²) in [6.45, 7) is 2.51. The van der Waals surface area contributed by atoms with Gasteiger partial charge in [-0.3, -0.25) is 4.79 Å². The molecule has 2 atom stereocenters. The SMILES string of the molecule is CC(O)CC1CCCCN1C(=O)NC1CCC(C(=O)O)CC1. The van der Waals surface area contributed by atoms with Gasteiger partial charge in [-0.1, -0.05) is 0 Å². The van der Waals surface area contributed by atoms with Gasteiger partial charge >= 0.3 is 12.0 Å². The number of likely N-dealkylation sites (tertiary alicyclic amines) is 1. The van der Waals surface area contributed by atoms with Crippen LogP contribution in [-0.4, -0.2) is 51.8 Å². The van der Waals surface area contributed by atoms with E-state index in [0.29, 0.717) is 19.3 Å². The second-order valence-corrected chi connectivity index (χ2v) is 6.76. The van der Waals surface area contributed by atoms with Crippen LogP contribution in [0.1, 0.15) is 58.3 Å². The van der Waals surface area contributed by atoms with Crippen molar-refractivity contribution in [3.8, 4) is 0 Å². The van der Waals surface area contributed by atoms with Gasteiger partial charge in [-0.25, -0.2) is 4.79 Å². The molecule has 2 aliphatic rings. The maximum absolute atomic E-state index is 12.5. The number of aliphatic hydroxyl groups excluding tert-OH is 1. The van der Waals surface area contributed by atoms with Crippen molar-refractivity contribution in [3.05, 3.63) is 0 Å². The lowest BCUT2D eigenvalue weighted by atomic mass is 9.86. The average molecular weight is 312 g/mol. The molecule has 1 heterocycles. The van der Waals surface area contributed by atoms with E-state index in [1.54, 1.807) is 6.92 Å². The summed E-state index contributed by atoms with van der Waals surface area (Å²) < 4.78 is 0. The number of aliphatic carboxylic acids is 1. The van der Waals surface area contributed by atoms with Crippen LogP contribution in [0.2, 0.25) is 0 Å². The van der Waals surface area contributed by atoms with Crippen molar-refractivity contribution in [2.75, 3.05) is 6.54 Å². The lowest BCUT2D eigenvalue weighted by Crippen LogP contribution is -2.52. The number of carboxylic acids is 1. The van der Waals surface area contributed by atoms with Crippen LogP contribution < -0.4 is 5.32 Å². The largest absolute Gasteiger partial charge is 0.481 e. The monoisotopic (exact) mass is 312 g/mol. The van der Waals surface area contributed by atoms with Gasteiger partial charge in [0.1, 0.15) is 0 Å². The highest BCUT2D eigenvalue weighted by Crippen LogP contribution is 2.26. The Morgan fingerprint density at radius 3 is 2.45 bits per heavy atom. The molecule has 0 aromatic rings. The Hall–Kier alpha value is -1.30. The van der Waals surface area contributed by atoms with Gasteiger partial charge < -0.3 is 20.4 Å². The normalized spacial score (nSPS) is 30.6. The van der Waals surface area contributed by atoms with Gasteiger partial charge in [0.2, 0.25) is 0 Å². The number of hydrogen-bond acceptors (Lipinski definition) is 3. The van der Waals surface area contributed by atoms with Gasteiger partial charge in [0.15, 0.2) is 0 Å². The Morgan fingerprint density at radius 2 is 1.86 bits per heavy atom. The summed E-state index contributed by atoms with van der Waals surface area (Å²) in [6.07, 6.45) is 6.03. The average Bonchev–Trinajstić information content (AvgIpc) is 2.47. The lowest BCUT2D eigenvalue weighted by molar-refractivity contribution is -0.142. The lowest BCUT2D eigenvalue weighted by Gasteiger charge is -2.38. The molecule has 2 unspecified atom stereocenters. The van der Waals surface area contributed by atoms with Crippen molar-refractivity contribution in [2.24, 2.45) is 5.92 Å². The minimum absolute atomic E-state index is 0.0517. The van der Waals surface area contributed by atoms with Crippen molar-refractivity contribution in [1.82, 2.24) is 10.2 Å². The van der Waals surface area contributed by atoms with Crippen LogP contribution in [0.4, 0.5) is 4.79 Å². The Bertz CT molecular complexity index is 392. The topological polar surface area (TPSA) is 89.9 Å². The summed E-state index contributed by atoms with van der Waals surface area (Å²) in [6, 6.07) is 0.144. The standard InChI is InChI=1S/C16H28N2O4/c1-11(19)10-14-4-2-3-9-18(14)16(22)17-13-7-5-12(6-8-13)15(20)21/h11-14,19H,2-10H2,1H3,(H,17,22)(H,20,21). The van der Waals surface area contributed by atoms with E-state index in [9.17, 15) is 14.7 Å². The van der Waals surface area contributed by atoms with E-state index in [2.05, 4.69) is 5.32 Å². The summed E-state index contributed by atoms with van der Waals surface area (Å²) in [7, 11) is 0. The zero-order valence-corrected chi connectivity index (χ0v) is 13.3. The summed E-state index contributed by atoms with van der Waals surface area (Å²) in [5.74, 6) is -0.982. The molecular weight excluding hydrogens is 284 g/mol. The summed E-state index contributed by atoms with van der Waals surface area (Å²) >= 11 is 0. The fourth-order valence-corrected chi connectivity index (χ4v) is 3.65. The molecule has 2 fully saturated rings. The number of carbonyl (C=O) groups excluding carboxylic acids is 1. The predicted octanol–water partition coefficient (Wildman–Crippen LogP) is 1.96. The Balaban J connectivity index is 1.84. The van der Waals surface area contributed by atoms with E-state index in [0.717, 1.165) is 38.6 Å². The van der Waals surface area contributed by atoms with Crippen LogP contribution in [0.3, 0.4) is 0 Å². The number of aliphatic hydroxyl groups is 1. The minimum Gasteiger partial charge on any atom is -0.481 e. The third-order valence-electron chi connectivity index (χ3n) is 4.91. The molecule has 1 aliphatic heterocycles. The minimum atomic E-state index is -0.724. The number of carboxylic acid groups (broad SMARTS) is 1. The van der Waals surface area contributed by atoms with Crippen LogP contribution in [0, 0.1) is 5.92 Å². The molecule has 0 aromatic heterocycles. The molecule has 0 radical (unpaired) electrons. The fraction of sp³-hybridized carbons (Fsp3) is 0.875. The molecule has 1 saturated heterocycles. The highest BCUT2D eigenvalue weighted by molar-refractivity contribution is 5.75. The highest BCUT2D eigenvalue weighted by atomic mass is 16.4. The van der Waals surface area contributed by atoms with Gasteiger partial charge in [0.05, 0.1) is 12.0 Å². The van der Waals surface area contributed by atoms with Crippen LogP contribution >= 0.6 is 0 Å². The van der Waals surface area contributed by atoms with Crippen LogP contribution in [-0.2, 0) is 4.79 Å². The van der Waals surface area contributed by atoms with E-state index >= 15 is 0 Å². The molecule has 126 valence electrons. The molecule has 2 rings (SSSR count). The van der Waals surface area contributed by atoms with Gasteiger partial charge in [-0.05, 0) is 58.3 Å². The van der Waals surface area contributed by atoms with E-state index in [-0.39, 0.29) is 24.0 Å². The molecule has 0 spiro atoms. The van der Waals surface area contributed by atoms with Crippen LogP contribution in [0.25, 0.3) is 0 Å². The predicted molar refractivity (Wildman–Crippen MR) is 82.6 cm³/mol. The summed E-state index contributed by atoms with van der Waals surface area (Å²) in [5, 5.41) is 21.7. The van der Waals surface area contributed by atoms with E-state index in [4.69, 9.17) is 5.11 Å². The number of hydrogen-bond donors (Lipinski definition) is 3. The number of nitrogens with zero attached hydrogens (tertiary/aromatic N) is 1. The van der Waals surface area contributed by atoms with E-state index in [1.165, 1.54) is 0 Å². The molecule has 0 aromatic carbocycles. The number of carbonyl (C=O) groups is 2. The Kier molecular flexibility index (Phi) is 6.06. The molecular formula is C16H28N2O4. The Morgan fingerprint density at radius 1 is 1.18 bits per heavy atom. The fourth-order valence-electron chi connectivity index (χ4n) is 3.65. The number of piperidine rings is 1. The quantitative estimate of drug-likeness (QED) is 0.740. The number of amides is 2. The van der Waals surface area contributed by atoms with Crippen molar-refractivity contribution < 1.29 is 19.8 Å². The summed E-state index contributed by atoms with van der Waals surface area (Å²) in [4.78, 5) is 25.3.